The highest BCUT2D eigenvalue weighted by molar-refractivity contribution is 7.17. The van der Waals surface area contributed by atoms with Gasteiger partial charge in [-0.05, 0) is 41.6 Å². The average molecular weight is 349 g/mol. The SMILES string of the molecule is CN(Cc1csc2ccccc12)Cc1nc2ccccc2c(=O)n1C. The van der Waals surface area contributed by atoms with E-state index in [4.69, 9.17) is 4.98 Å². The second kappa shape index (κ2) is 6.43. The molecule has 0 radical (unpaired) electrons. The van der Waals surface area contributed by atoms with Crippen molar-refractivity contribution in [1.82, 2.24) is 14.5 Å². The predicted molar refractivity (Wildman–Crippen MR) is 104 cm³/mol. The number of hydrogen-bond donors (Lipinski definition) is 0. The van der Waals surface area contributed by atoms with E-state index in [1.54, 1.807) is 23.0 Å². The van der Waals surface area contributed by atoms with Gasteiger partial charge in [-0.3, -0.25) is 14.3 Å². The third kappa shape index (κ3) is 2.97. The first kappa shape index (κ1) is 16.0. The summed E-state index contributed by atoms with van der Waals surface area (Å²) in [6, 6.07) is 16.0. The van der Waals surface area contributed by atoms with Crippen LogP contribution in [0, 0.1) is 0 Å². The van der Waals surface area contributed by atoms with Crippen molar-refractivity contribution in [3.05, 3.63) is 75.7 Å². The van der Waals surface area contributed by atoms with Crippen molar-refractivity contribution in [2.24, 2.45) is 7.05 Å². The Hall–Kier alpha value is -2.50. The lowest BCUT2D eigenvalue weighted by atomic mass is 10.1. The van der Waals surface area contributed by atoms with E-state index in [9.17, 15) is 4.79 Å². The van der Waals surface area contributed by atoms with E-state index in [-0.39, 0.29) is 5.56 Å². The zero-order valence-electron chi connectivity index (χ0n) is 14.3. The standard InChI is InChI=1S/C20H19N3OS/c1-22(11-14-13-25-18-10-6-4-7-15(14)18)12-19-21-17-9-5-3-8-16(17)20(24)23(19)2/h3-10,13H,11-12H2,1-2H3. The zero-order chi connectivity index (χ0) is 17.4. The molecule has 0 aliphatic carbocycles. The van der Waals surface area contributed by atoms with Gasteiger partial charge in [-0.1, -0.05) is 30.3 Å². The maximum absolute atomic E-state index is 12.5. The molecule has 2 aromatic heterocycles. The van der Waals surface area contributed by atoms with Crippen LogP contribution in [0.3, 0.4) is 0 Å². The Labute approximate surface area is 150 Å². The highest BCUT2D eigenvalue weighted by Crippen LogP contribution is 2.26. The van der Waals surface area contributed by atoms with Gasteiger partial charge < -0.3 is 0 Å². The second-order valence-corrected chi connectivity index (χ2v) is 7.25. The molecule has 5 heteroatoms. The first-order valence-electron chi connectivity index (χ1n) is 8.22. The van der Waals surface area contributed by atoms with Crippen molar-refractivity contribution in [3.8, 4) is 0 Å². The Kier molecular flexibility index (Phi) is 4.11. The van der Waals surface area contributed by atoms with E-state index in [1.807, 2.05) is 24.3 Å². The van der Waals surface area contributed by atoms with Crippen LogP contribution in [0.2, 0.25) is 0 Å². The molecule has 0 atom stereocenters. The fourth-order valence-corrected chi connectivity index (χ4v) is 4.10. The summed E-state index contributed by atoms with van der Waals surface area (Å²) in [5.41, 5.74) is 2.08. The van der Waals surface area contributed by atoms with Crippen LogP contribution in [-0.4, -0.2) is 21.5 Å². The number of aromatic nitrogens is 2. The number of benzene rings is 2. The van der Waals surface area contributed by atoms with Crippen LogP contribution in [0.15, 0.2) is 58.7 Å². The van der Waals surface area contributed by atoms with Gasteiger partial charge in [-0.2, -0.15) is 0 Å². The monoisotopic (exact) mass is 349 g/mol. The van der Waals surface area contributed by atoms with Crippen molar-refractivity contribution < 1.29 is 0 Å². The predicted octanol–water partition coefficient (Wildman–Crippen LogP) is 3.78. The van der Waals surface area contributed by atoms with Crippen LogP contribution in [0.1, 0.15) is 11.4 Å². The lowest BCUT2D eigenvalue weighted by Crippen LogP contribution is -2.27. The molecule has 0 saturated heterocycles. The minimum atomic E-state index is 0.00924. The van der Waals surface area contributed by atoms with E-state index in [1.165, 1.54) is 15.6 Å². The minimum absolute atomic E-state index is 0.00924. The number of nitrogens with zero attached hydrogens (tertiary/aromatic N) is 3. The van der Waals surface area contributed by atoms with Crippen molar-refractivity contribution >= 4 is 32.3 Å². The molecule has 4 rings (SSSR count). The maximum atomic E-state index is 12.5. The van der Waals surface area contributed by atoms with E-state index in [2.05, 4.69) is 41.6 Å². The molecule has 2 aromatic carbocycles. The molecule has 126 valence electrons. The lowest BCUT2D eigenvalue weighted by Gasteiger charge is -2.18. The summed E-state index contributed by atoms with van der Waals surface area (Å²) in [4.78, 5) is 19.4. The summed E-state index contributed by atoms with van der Waals surface area (Å²) in [7, 11) is 3.86. The number of thiophene rings is 1. The molecule has 25 heavy (non-hydrogen) atoms. The molecule has 0 spiro atoms. The molecule has 4 aromatic rings. The van der Waals surface area contributed by atoms with Gasteiger partial charge in [0.2, 0.25) is 0 Å². The molecule has 0 aliphatic heterocycles. The number of para-hydroxylation sites is 1. The summed E-state index contributed by atoms with van der Waals surface area (Å²) in [5.74, 6) is 0.783. The third-order valence-electron chi connectivity index (χ3n) is 4.49. The minimum Gasteiger partial charge on any atom is -0.298 e. The highest BCUT2D eigenvalue weighted by atomic mass is 32.1. The van der Waals surface area contributed by atoms with Gasteiger partial charge in [0.05, 0.1) is 17.4 Å². The Balaban J connectivity index is 1.62. The van der Waals surface area contributed by atoms with E-state index < -0.39 is 0 Å². The quantitative estimate of drug-likeness (QED) is 0.563. The van der Waals surface area contributed by atoms with Crippen LogP contribution in [-0.2, 0) is 20.1 Å². The van der Waals surface area contributed by atoms with Crippen molar-refractivity contribution in [3.63, 3.8) is 0 Å². The summed E-state index contributed by atoms with van der Waals surface area (Å²) in [6.45, 7) is 1.45. The normalized spacial score (nSPS) is 11.6. The van der Waals surface area contributed by atoms with E-state index in [0.29, 0.717) is 11.9 Å². The van der Waals surface area contributed by atoms with Crippen LogP contribution in [0.25, 0.3) is 21.0 Å². The highest BCUT2D eigenvalue weighted by Gasteiger charge is 2.12. The first-order chi connectivity index (χ1) is 12.1. The molecule has 0 saturated carbocycles. The van der Waals surface area contributed by atoms with Gasteiger partial charge in [0.15, 0.2) is 0 Å². The molecule has 0 aliphatic rings. The summed E-state index contributed by atoms with van der Waals surface area (Å²) in [5, 5.41) is 4.19. The lowest BCUT2D eigenvalue weighted by molar-refractivity contribution is 0.306. The van der Waals surface area contributed by atoms with Gasteiger partial charge in [0.25, 0.3) is 5.56 Å². The smallest absolute Gasteiger partial charge is 0.261 e. The van der Waals surface area contributed by atoms with Crippen LogP contribution >= 0.6 is 11.3 Å². The topological polar surface area (TPSA) is 38.1 Å². The molecular formula is C20H19N3OS. The van der Waals surface area contributed by atoms with Crippen LogP contribution in [0.5, 0.6) is 0 Å². The molecule has 4 nitrogen and oxygen atoms in total. The van der Waals surface area contributed by atoms with Crippen molar-refractivity contribution in [1.29, 1.82) is 0 Å². The van der Waals surface area contributed by atoms with Crippen molar-refractivity contribution in [2.45, 2.75) is 13.1 Å². The Morgan fingerprint density at radius 1 is 1.04 bits per heavy atom. The summed E-state index contributed by atoms with van der Waals surface area (Å²) in [6.07, 6.45) is 0. The van der Waals surface area contributed by atoms with Gasteiger partial charge in [0, 0.05) is 18.3 Å². The van der Waals surface area contributed by atoms with Crippen LogP contribution < -0.4 is 5.56 Å². The van der Waals surface area contributed by atoms with Gasteiger partial charge >= 0.3 is 0 Å². The maximum Gasteiger partial charge on any atom is 0.261 e. The third-order valence-corrected chi connectivity index (χ3v) is 5.50. The largest absolute Gasteiger partial charge is 0.298 e. The number of fused-ring (bicyclic) bond motifs is 2. The Morgan fingerprint density at radius 2 is 1.76 bits per heavy atom. The molecule has 0 fully saturated rings. The number of rotatable bonds is 4. The first-order valence-corrected chi connectivity index (χ1v) is 9.10. The average Bonchev–Trinajstić information content (AvgIpc) is 3.02. The zero-order valence-corrected chi connectivity index (χ0v) is 15.1. The fraction of sp³-hybridized carbons (Fsp3) is 0.200. The molecular weight excluding hydrogens is 330 g/mol. The van der Waals surface area contributed by atoms with E-state index >= 15 is 0 Å². The second-order valence-electron chi connectivity index (χ2n) is 6.34. The molecule has 0 N–H and O–H groups in total. The van der Waals surface area contributed by atoms with Crippen molar-refractivity contribution in [2.75, 3.05) is 7.05 Å². The van der Waals surface area contributed by atoms with Gasteiger partial charge in [-0.15, -0.1) is 11.3 Å². The summed E-state index contributed by atoms with van der Waals surface area (Å²) < 4.78 is 2.96. The number of hydrogen-bond acceptors (Lipinski definition) is 4. The van der Waals surface area contributed by atoms with Gasteiger partial charge in [0.1, 0.15) is 5.82 Å². The molecule has 0 amide bonds. The fourth-order valence-electron chi connectivity index (χ4n) is 3.15. The van der Waals surface area contributed by atoms with Crippen LogP contribution in [0.4, 0.5) is 0 Å². The molecule has 0 bridgehead atoms. The van der Waals surface area contributed by atoms with Gasteiger partial charge in [-0.25, -0.2) is 4.98 Å². The van der Waals surface area contributed by atoms with E-state index in [0.717, 1.165) is 17.9 Å². The Morgan fingerprint density at radius 3 is 2.60 bits per heavy atom. The molecule has 2 heterocycles. The Bertz CT molecular complexity index is 1110. The summed E-state index contributed by atoms with van der Waals surface area (Å²) >= 11 is 1.77. The molecule has 0 unspecified atom stereocenters.